The van der Waals surface area contributed by atoms with Gasteiger partial charge >= 0.3 is 0 Å². The van der Waals surface area contributed by atoms with Crippen LogP contribution in [0.2, 0.25) is 5.02 Å². The third-order valence-corrected chi connectivity index (χ3v) is 6.23. The number of carbonyl (C=O) groups excluding carboxylic acids is 1. The molecule has 0 bridgehead atoms. The molecule has 126 valence electrons. The first-order valence-electron chi connectivity index (χ1n) is 8.00. The number of nitrogens with zero attached hydrogens (tertiary/aromatic N) is 1. The van der Waals surface area contributed by atoms with Crippen LogP contribution in [0.25, 0.3) is 0 Å². The van der Waals surface area contributed by atoms with Gasteiger partial charge in [0.1, 0.15) is 5.75 Å². The summed E-state index contributed by atoms with van der Waals surface area (Å²) < 4.78 is 10.7. The predicted octanol–water partition coefficient (Wildman–Crippen LogP) is 3.97. The van der Waals surface area contributed by atoms with Gasteiger partial charge < -0.3 is 14.4 Å². The van der Waals surface area contributed by atoms with Crippen LogP contribution in [0.1, 0.15) is 33.1 Å². The van der Waals surface area contributed by atoms with Crippen LogP contribution in [-0.4, -0.2) is 39.2 Å². The Morgan fingerprint density at radius 3 is 2.83 bits per heavy atom. The summed E-state index contributed by atoms with van der Waals surface area (Å²) in [4.78, 5) is 15.7. The van der Waals surface area contributed by atoms with Gasteiger partial charge in [0.2, 0.25) is 0 Å². The number of halogens is 1. The smallest absolute Gasteiger partial charge is 0.174 e. The normalized spacial score (nSPS) is 20.3. The van der Waals surface area contributed by atoms with E-state index in [0.717, 1.165) is 42.3 Å². The fourth-order valence-electron chi connectivity index (χ4n) is 3.39. The third-order valence-electron chi connectivity index (χ3n) is 4.67. The lowest BCUT2D eigenvalue weighted by molar-refractivity contribution is 0.0994. The molecular weight excluding hydrogens is 346 g/mol. The van der Waals surface area contributed by atoms with E-state index in [1.54, 1.807) is 18.4 Å². The van der Waals surface area contributed by atoms with Gasteiger partial charge in [-0.05, 0) is 29.3 Å². The molecule has 1 fully saturated rings. The minimum Gasteiger partial charge on any atom is -0.495 e. The summed E-state index contributed by atoms with van der Waals surface area (Å²) in [6.07, 6.45) is 0.523. The van der Waals surface area contributed by atoms with E-state index in [4.69, 9.17) is 21.1 Å². The fraction of sp³-hybridized carbons (Fsp3) is 0.389. The number of fused-ring (bicyclic) bond motifs is 1. The van der Waals surface area contributed by atoms with Crippen molar-refractivity contribution in [2.45, 2.75) is 12.3 Å². The number of morpholine rings is 1. The Hall–Kier alpha value is -1.56. The molecule has 1 aromatic carbocycles. The van der Waals surface area contributed by atoms with Crippen molar-refractivity contribution in [2.75, 3.05) is 38.3 Å². The molecule has 0 spiro atoms. The molecule has 4 nitrogen and oxygen atoms in total. The Balaban J connectivity index is 1.69. The highest BCUT2D eigenvalue weighted by Gasteiger charge is 2.34. The van der Waals surface area contributed by atoms with Gasteiger partial charge in [-0.2, -0.15) is 0 Å². The van der Waals surface area contributed by atoms with E-state index in [0.29, 0.717) is 17.2 Å². The Kier molecular flexibility index (Phi) is 4.24. The van der Waals surface area contributed by atoms with Crippen LogP contribution in [0.15, 0.2) is 24.3 Å². The molecule has 24 heavy (non-hydrogen) atoms. The summed E-state index contributed by atoms with van der Waals surface area (Å²) in [5.74, 6) is 0.969. The van der Waals surface area contributed by atoms with E-state index in [2.05, 4.69) is 11.0 Å². The first-order chi connectivity index (χ1) is 11.7. The molecule has 1 saturated heterocycles. The highest BCUT2D eigenvalue weighted by atomic mass is 35.5. The molecule has 4 rings (SSSR count). The number of rotatable bonds is 3. The molecule has 2 aromatic rings. The van der Waals surface area contributed by atoms with Crippen molar-refractivity contribution in [1.82, 2.24) is 0 Å². The van der Waals surface area contributed by atoms with Crippen LogP contribution in [0.3, 0.4) is 0 Å². The van der Waals surface area contributed by atoms with Crippen LogP contribution < -0.4 is 9.64 Å². The van der Waals surface area contributed by atoms with Gasteiger partial charge in [0.05, 0.1) is 35.2 Å². The van der Waals surface area contributed by atoms with Crippen molar-refractivity contribution in [3.63, 3.8) is 0 Å². The first-order valence-corrected chi connectivity index (χ1v) is 9.20. The number of ketones is 1. The highest BCUT2D eigenvalue weighted by Crippen LogP contribution is 2.46. The van der Waals surface area contributed by atoms with E-state index in [1.165, 1.54) is 5.00 Å². The van der Waals surface area contributed by atoms with Gasteiger partial charge in [0, 0.05) is 25.4 Å². The third kappa shape index (κ3) is 2.70. The number of methoxy groups -OCH3 is 1. The molecule has 1 atom stereocenters. The number of ether oxygens (including phenoxy) is 2. The van der Waals surface area contributed by atoms with Crippen LogP contribution in [-0.2, 0) is 4.74 Å². The summed E-state index contributed by atoms with van der Waals surface area (Å²) in [5, 5.41) is 1.76. The van der Waals surface area contributed by atoms with Gasteiger partial charge in [-0.3, -0.25) is 4.79 Å². The Bertz CT molecular complexity index is 783. The average molecular weight is 364 g/mol. The molecule has 0 N–H and O–H groups in total. The van der Waals surface area contributed by atoms with E-state index in [-0.39, 0.29) is 11.7 Å². The van der Waals surface area contributed by atoms with Crippen LogP contribution in [0.4, 0.5) is 5.00 Å². The Morgan fingerprint density at radius 1 is 1.29 bits per heavy atom. The quantitative estimate of drug-likeness (QED) is 0.827. The summed E-state index contributed by atoms with van der Waals surface area (Å²) >= 11 is 7.74. The minimum absolute atomic E-state index is 0.0877. The van der Waals surface area contributed by atoms with Crippen molar-refractivity contribution < 1.29 is 14.3 Å². The Morgan fingerprint density at radius 2 is 2.08 bits per heavy atom. The second kappa shape index (κ2) is 6.39. The maximum Gasteiger partial charge on any atom is 0.174 e. The topological polar surface area (TPSA) is 38.8 Å². The summed E-state index contributed by atoms with van der Waals surface area (Å²) in [6.45, 7) is 3.25. The number of benzene rings is 1. The Labute approximate surface area is 149 Å². The monoisotopic (exact) mass is 363 g/mol. The van der Waals surface area contributed by atoms with E-state index in [9.17, 15) is 4.79 Å². The lowest BCUT2D eigenvalue weighted by Crippen LogP contribution is -2.35. The summed E-state index contributed by atoms with van der Waals surface area (Å²) in [5.41, 5.74) is 2.21. The zero-order valence-electron chi connectivity index (χ0n) is 13.4. The predicted molar refractivity (Wildman–Crippen MR) is 96.1 cm³/mol. The second-order valence-corrected chi connectivity index (χ2v) is 7.48. The number of Topliss-reactive ketones (excluding diaryl/α,β-unsaturated/α-hetero) is 1. The molecule has 0 amide bonds. The van der Waals surface area contributed by atoms with Gasteiger partial charge in [-0.25, -0.2) is 0 Å². The maximum atomic E-state index is 12.5. The standard InChI is InChI=1S/C18H18ClNO3S/c1-22-16-8-11(2-3-14(16)19)12-9-15(21)18-13(12)10-17(24-18)20-4-6-23-7-5-20/h2-3,8,10,12H,4-7,9H2,1H3. The molecule has 2 heterocycles. The largest absolute Gasteiger partial charge is 0.495 e. The van der Waals surface area contributed by atoms with Gasteiger partial charge in [0.25, 0.3) is 0 Å². The minimum atomic E-state index is 0.0877. The van der Waals surface area contributed by atoms with Crippen molar-refractivity contribution in [3.8, 4) is 5.75 Å². The zero-order valence-corrected chi connectivity index (χ0v) is 15.0. The van der Waals surface area contributed by atoms with E-state index < -0.39 is 0 Å². The molecule has 2 aliphatic rings. The SMILES string of the molecule is COc1cc(C2CC(=O)c3sc(N4CCOCC4)cc32)ccc1Cl. The molecule has 1 aliphatic carbocycles. The average Bonchev–Trinajstić information content (AvgIpc) is 3.17. The molecule has 1 aromatic heterocycles. The summed E-state index contributed by atoms with van der Waals surface area (Å²) in [6, 6.07) is 7.96. The van der Waals surface area contributed by atoms with Crippen molar-refractivity contribution in [2.24, 2.45) is 0 Å². The first kappa shape index (κ1) is 15.9. The molecule has 0 radical (unpaired) electrons. The fourth-order valence-corrected chi connectivity index (χ4v) is 4.80. The van der Waals surface area contributed by atoms with Crippen LogP contribution >= 0.6 is 22.9 Å². The summed E-state index contributed by atoms with van der Waals surface area (Å²) in [7, 11) is 1.61. The van der Waals surface area contributed by atoms with Gasteiger partial charge in [0.15, 0.2) is 5.78 Å². The zero-order chi connectivity index (χ0) is 16.7. The van der Waals surface area contributed by atoms with E-state index >= 15 is 0 Å². The van der Waals surface area contributed by atoms with Gasteiger partial charge in [-0.1, -0.05) is 17.7 Å². The number of hydrogen-bond donors (Lipinski definition) is 0. The molecule has 0 saturated carbocycles. The number of thiophene rings is 1. The van der Waals surface area contributed by atoms with Crippen molar-refractivity contribution in [3.05, 3.63) is 45.3 Å². The molecule has 6 heteroatoms. The maximum absolute atomic E-state index is 12.5. The van der Waals surface area contributed by atoms with Crippen LogP contribution in [0.5, 0.6) is 5.75 Å². The lowest BCUT2D eigenvalue weighted by Gasteiger charge is -2.27. The number of carbonyl (C=O) groups is 1. The van der Waals surface area contributed by atoms with Crippen molar-refractivity contribution >= 4 is 33.7 Å². The number of anilines is 1. The van der Waals surface area contributed by atoms with E-state index in [1.807, 2.05) is 18.2 Å². The molecule has 1 unspecified atom stereocenters. The molecular formula is C18H18ClNO3S. The second-order valence-electron chi connectivity index (χ2n) is 6.04. The van der Waals surface area contributed by atoms with Crippen molar-refractivity contribution in [1.29, 1.82) is 0 Å². The highest BCUT2D eigenvalue weighted by molar-refractivity contribution is 7.18. The lowest BCUT2D eigenvalue weighted by atomic mass is 9.94. The van der Waals surface area contributed by atoms with Gasteiger partial charge in [-0.15, -0.1) is 11.3 Å². The molecule has 1 aliphatic heterocycles. The number of hydrogen-bond acceptors (Lipinski definition) is 5. The van der Waals surface area contributed by atoms with Crippen LogP contribution in [0, 0.1) is 0 Å².